The molecule has 1 aromatic carbocycles. The molecular formula is C18H17N3O6. The van der Waals surface area contributed by atoms with Crippen molar-refractivity contribution < 1.29 is 29.1 Å². The Balaban J connectivity index is 1.57. The highest BCUT2D eigenvalue weighted by Gasteiger charge is 2.46. The van der Waals surface area contributed by atoms with Crippen molar-refractivity contribution in [2.75, 3.05) is 5.32 Å². The third-order valence-electron chi connectivity index (χ3n) is 5.32. The summed E-state index contributed by atoms with van der Waals surface area (Å²) >= 11 is 0. The number of nitrogens with zero attached hydrogens (tertiary/aromatic N) is 1. The van der Waals surface area contributed by atoms with Gasteiger partial charge in [-0.1, -0.05) is 6.07 Å². The Morgan fingerprint density at radius 1 is 1.15 bits per heavy atom. The summed E-state index contributed by atoms with van der Waals surface area (Å²) in [5.41, 5.74) is 0.837. The van der Waals surface area contributed by atoms with Crippen molar-refractivity contribution in [1.29, 1.82) is 0 Å². The maximum atomic E-state index is 12.9. The van der Waals surface area contributed by atoms with Gasteiger partial charge in [0, 0.05) is 18.2 Å². The second-order valence-electron chi connectivity index (χ2n) is 7.02. The molecule has 1 aliphatic carbocycles. The molecule has 1 saturated carbocycles. The van der Waals surface area contributed by atoms with E-state index in [4.69, 9.17) is 5.11 Å². The van der Waals surface area contributed by atoms with Crippen LogP contribution in [0.2, 0.25) is 0 Å². The zero-order valence-corrected chi connectivity index (χ0v) is 14.2. The largest absolute Gasteiger partial charge is 0.481 e. The van der Waals surface area contributed by atoms with E-state index in [9.17, 15) is 24.0 Å². The van der Waals surface area contributed by atoms with E-state index < -0.39 is 41.6 Å². The molecule has 0 aromatic heterocycles. The van der Waals surface area contributed by atoms with Gasteiger partial charge in [0.1, 0.15) is 6.04 Å². The monoisotopic (exact) mass is 371 g/mol. The van der Waals surface area contributed by atoms with Gasteiger partial charge >= 0.3 is 5.97 Å². The van der Waals surface area contributed by atoms with Crippen molar-refractivity contribution >= 4 is 35.3 Å². The lowest BCUT2D eigenvalue weighted by Crippen LogP contribution is -2.54. The normalized spacial score (nSPS) is 27.1. The molecule has 0 radical (unpaired) electrons. The topological polar surface area (TPSA) is 133 Å². The Morgan fingerprint density at radius 3 is 2.56 bits per heavy atom. The Hall–Kier alpha value is -3.23. The highest BCUT2D eigenvalue weighted by molar-refractivity contribution is 6.25. The van der Waals surface area contributed by atoms with Crippen molar-refractivity contribution in [3.8, 4) is 0 Å². The van der Waals surface area contributed by atoms with Gasteiger partial charge in [-0.15, -0.1) is 0 Å². The first-order chi connectivity index (χ1) is 12.9. The standard InChI is InChI=1S/C18H17N3O6/c22-13-5-4-12(15(23)20-13)21-16(24)10-2-1-3-11(14(10)17(21)25)19-9-6-8(7-9)18(26)27/h1-3,8-9,12,19H,4-7H2,(H,26,27)(H,20,22,23)/t8-,9+,12?. The van der Waals surface area contributed by atoms with E-state index in [-0.39, 0.29) is 30.0 Å². The lowest BCUT2D eigenvalue weighted by atomic mass is 9.80. The zero-order chi connectivity index (χ0) is 19.3. The van der Waals surface area contributed by atoms with E-state index in [2.05, 4.69) is 10.6 Å². The van der Waals surface area contributed by atoms with Crippen molar-refractivity contribution in [2.45, 2.75) is 37.8 Å². The molecule has 9 nitrogen and oxygen atoms in total. The van der Waals surface area contributed by atoms with Gasteiger partial charge < -0.3 is 10.4 Å². The number of carbonyl (C=O) groups is 5. The number of amides is 4. The first-order valence-corrected chi connectivity index (χ1v) is 8.70. The fourth-order valence-electron chi connectivity index (χ4n) is 3.79. The van der Waals surface area contributed by atoms with Crippen LogP contribution in [0.15, 0.2) is 18.2 Å². The molecule has 1 saturated heterocycles. The van der Waals surface area contributed by atoms with E-state index in [1.807, 2.05) is 0 Å². The number of anilines is 1. The predicted molar refractivity (Wildman–Crippen MR) is 90.9 cm³/mol. The van der Waals surface area contributed by atoms with Gasteiger partial charge in [-0.25, -0.2) is 0 Å². The third-order valence-corrected chi connectivity index (χ3v) is 5.32. The van der Waals surface area contributed by atoms with Crippen LogP contribution in [-0.2, 0) is 14.4 Å². The summed E-state index contributed by atoms with van der Waals surface area (Å²) in [7, 11) is 0. The number of carbonyl (C=O) groups excluding carboxylic acids is 4. The van der Waals surface area contributed by atoms with E-state index in [0.29, 0.717) is 18.5 Å². The van der Waals surface area contributed by atoms with Crippen LogP contribution in [0, 0.1) is 5.92 Å². The summed E-state index contributed by atoms with van der Waals surface area (Å²) in [6.07, 6.45) is 1.05. The first kappa shape index (κ1) is 17.2. The Bertz CT molecular complexity index is 889. The molecule has 2 heterocycles. The van der Waals surface area contributed by atoms with Crippen LogP contribution < -0.4 is 10.6 Å². The molecule has 3 aliphatic rings. The number of aliphatic carboxylic acids is 1. The zero-order valence-electron chi connectivity index (χ0n) is 14.2. The van der Waals surface area contributed by atoms with Crippen molar-refractivity contribution in [3.05, 3.63) is 29.3 Å². The van der Waals surface area contributed by atoms with Crippen molar-refractivity contribution in [2.24, 2.45) is 5.92 Å². The fraction of sp³-hybridized carbons (Fsp3) is 0.389. The number of hydrogen-bond donors (Lipinski definition) is 3. The fourth-order valence-corrected chi connectivity index (χ4v) is 3.79. The molecule has 140 valence electrons. The second-order valence-corrected chi connectivity index (χ2v) is 7.02. The summed E-state index contributed by atoms with van der Waals surface area (Å²) in [5, 5.41) is 14.3. The minimum Gasteiger partial charge on any atom is -0.481 e. The maximum absolute atomic E-state index is 12.9. The van der Waals surface area contributed by atoms with E-state index in [1.165, 1.54) is 6.07 Å². The van der Waals surface area contributed by atoms with Gasteiger partial charge in [-0.3, -0.25) is 34.2 Å². The number of benzene rings is 1. The number of nitrogens with one attached hydrogen (secondary N) is 2. The van der Waals surface area contributed by atoms with Crippen LogP contribution in [0.4, 0.5) is 5.69 Å². The molecule has 4 amide bonds. The van der Waals surface area contributed by atoms with Crippen LogP contribution in [0.3, 0.4) is 0 Å². The van der Waals surface area contributed by atoms with E-state index in [1.54, 1.807) is 12.1 Å². The first-order valence-electron chi connectivity index (χ1n) is 8.70. The molecule has 1 unspecified atom stereocenters. The van der Waals surface area contributed by atoms with Gasteiger partial charge in [-0.2, -0.15) is 0 Å². The smallest absolute Gasteiger partial charge is 0.306 e. The molecule has 0 bridgehead atoms. The summed E-state index contributed by atoms with van der Waals surface area (Å²) in [6.45, 7) is 0. The van der Waals surface area contributed by atoms with Gasteiger partial charge in [0.05, 0.1) is 17.0 Å². The van der Waals surface area contributed by atoms with Gasteiger partial charge in [0.2, 0.25) is 11.8 Å². The SMILES string of the molecule is O=C1CCC(N2C(=O)c3cccc(N[C@H]4C[C@@H](C(=O)O)C4)c3C2=O)C(=O)N1. The van der Waals surface area contributed by atoms with Gasteiger partial charge in [0.25, 0.3) is 11.8 Å². The number of rotatable bonds is 4. The van der Waals surface area contributed by atoms with Crippen LogP contribution >= 0.6 is 0 Å². The van der Waals surface area contributed by atoms with Crippen molar-refractivity contribution in [3.63, 3.8) is 0 Å². The molecular weight excluding hydrogens is 354 g/mol. The maximum Gasteiger partial charge on any atom is 0.306 e. The highest BCUT2D eigenvalue weighted by atomic mass is 16.4. The number of piperidine rings is 1. The summed E-state index contributed by atoms with van der Waals surface area (Å²) < 4.78 is 0. The van der Waals surface area contributed by atoms with E-state index >= 15 is 0 Å². The average molecular weight is 371 g/mol. The van der Waals surface area contributed by atoms with Crippen LogP contribution in [0.25, 0.3) is 0 Å². The number of imide groups is 2. The highest BCUT2D eigenvalue weighted by Crippen LogP contribution is 2.36. The van der Waals surface area contributed by atoms with E-state index in [0.717, 1.165) is 4.90 Å². The summed E-state index contributed by atoms with van der Waals surface area (Å²) in [5.74, 6) is -3.48. The van der Waals surface area contributed by atoms with Crippen LogP contribution in [0.5, 0.6) is 0 Å². The van der Waals surface area contributed by atoms with Crippen LogP contribution in [0.1, 0.15) is 46.4 Å². The third kappa shape index (κ3) is 2.75. The van der Waals surface area contributed by atoms with Crippen molar-refractivity contribution in [1.82, 2.24) is 10.2 Å². The molecule has 2 aliphatic heterocycles. The van der Waals surface area contributed by atoms with Crippen LogP contribution in [-0.4, -0.2) is 51.7 Å². The average Bonchev–Trinajstić information content (AvgIpc) is 2.83. The minimum atomic E-state index is -1.01. The molecule has 4 rings (SSSR count). The molecule has 1 aromatic rings. The Labute approximate surface area is 153 Å². The van der Waals surface area contributed by atoms with Gasteiger partial charge in [-0.05, 0) is 31.4 Å². The Kier molecular flexibility index (Phi) is 3.94. The lowest BCUT2D eigenvalue weighted by Gasteiger charge is -2.34. The quantitative estimate of drug-likeness (QED) is 0.651. The molecule has 2 fully saturated rings. The summed E-state index contributed by atoms with van der Waals surface area (Å²) in [6, 6.07) is 3.71. The Morgan fingerprint density at radius 2 is 1.89 bits per heavy atom. The molecule has 9 heteroatoms. The minimum absolute atomic E-state index is 0.0631. The molecule has 0 spiro atoms. The number of hydrogen-bond acceptors (Lipinski definition) is 6. The number of carboxylic acids is 1. The van der Waals surface area contributed by atoms with Gasteiger partial charge in [0.15, 0.2) is 0 Å². The lowest BCUT2D eigenvalue weighted by molar-refractivity contribution is -0.144. The molecule has 1 atom stereocenters. The number of fused-ring (bicyclic) bond motifs is 1. The summed E-state index contributed by atoms with van der Waals surface area (Å²) in [4.78, 5) is 60.9. The number of carboxylic acid groups (broad SMARTS) is 1. The molecule has 27 heavy (non-hydrogen) atoms. The second kappa shape index (κ2) is 6.19. The predicted octanol–water partition coefficient (Wildman–Crippen LogP) is 0.363. The molecule has 3 N–H and O–H groups in total.